The van der Waals surface area contributed by atoms with Crippen molar-refractivity contribution in [1.82, 2.24) is 4.90 Å². The molecule has 0 saturated carbocycles. The van der Waals surface area contributed by atoms with Gasteiger partial charge < -0.3 is 14.7 Å². The molecule has 1 unspecified atom stereocenters. The first kappa shape index (κ1) is 20.1. The first-order valence-corrected chi connectivity index (χ1v) is 8.53. The number of carboxylic acids is 1. The van der Waals surface area contributed by atoms with E-state index < -0.39 is 36.4 Å². The molecule has 144 valence electrons. The van der Waals surface area contributed by atoms with Crippen LogP contribution in [0.3, 0.4) is 0 Å². The topological polar surface area (TPSA) is 66.8 Å². The molecule has 8 heteroatoms. The smallest absolute Gasteiger partial charge is 0.406 e. The van der Waals surface area contributed by atoms with Crippen LogP contribution in [0.15, 0.2) is 24.3 Å². The maximum atomic E-state index is 13.2. The van der Waals surface area contributed by atoms with E-state index in [1.165, 1.54) is 12.1 Å². The van der Waals surface area contributed by atoms with Gasteiger partial charge in [0.25, 0.3) is 5.91 Å². The summed E-state index contributed by atoms with van der Waals surface area (Å²) in [6.45, 7) is 1.51. The van der Waals surface area contributed by atoms with Crippen molar-refractivity contribution in [2.75, 3.05) is 19.7 Å². The first-order chi connectivity index (χ1) is 12.2. The second-order valence-corrected chi connectivity index (χ2v) is 6.44. The molecule has 1 aliphatic rings. The number of hydrogen-bond acceptors (Lipinski definition) is 3. The van der Waals surface area contributed by atoms with E-state index >= 15 is 0 Å². The number of amides is 1. The van der Waals surface area contributed by atoms with Gasteiger partial charge in [0.15, 0.2) is 5.41 Å². The van der Waals surface area contributed by atoms with E-state index in [0.29, 0.717) is 12.4 Å². The van der Waals surface area contributed by atoms with Crippen molar-refractivity contribution in [3.8, 4) is 5.75 Å². The average molecular weight is 373 g/mol. The van der Waals surface area contributed by atoms with Gasteiger partial charge in [-0.25, -0.2) is 0 Å². The lowest BCUT2D eigenvalue weighted by Crippen LogP contribution is -2.47. The van der Waals surface area contributed by atoms with Crippen LogP contribution in [0.25, 0.3) is 0 Å². The summed E-state index contributed by atoms with van der Waals surface area (Å²) in [6, 6.07) is 6.13. The number of carbonyl (C=O) groups is 2. The maximum absolute atomic E-state index is 13.2. The molecule has 1 aromatic carbocycles. The van der Waals surface area contributed by atoms with Gasteiger partial charge in [0, 0.05) is 18.7 Å². The largest absolute Gasteiger partial charge is 0.494 e. The van der Waals surface area contributed by atoms with Gasteiger partial charge in [-0.2, -0.15) is 13.2 Å². The summed E-state index contributed by atoms with van der Waals surface area (Å²) >= 11 is 0. The van der Waals surface area contributed by atoms with E-state index in [1.54, 1.807) is 12.1 Å². The minimum Gasteiger partial charge on any atom is -0.494 e. The summed E-state index contributed by atoms with van der Waals surface area (Å²) in [7, 11) is 0. The molecule has 0 aromatic heterocycles. The Morgan fingerprint density at radius 2 is 1.88 bits per heavy atom. The fourth-order valence-corrected chi connectivity index (χ4v) is 2.93. The number of ether oxygens (including phenoxy) is 1. The number of alkyl halides is 3. The number of rotatable bonds is 7. The summed E-state index contributed by atoms with van der Waals surface area (Å²) in [6.07, 6.45) is -2.52. The number of carbonyl (C=O) groups excluding carboxylic acids is 1. The Kier molecular flexibility index (Phi) is 6.15. The van der Waals surface area contributed by atoms with Crippen LogP contribution in [0.1, 0.15) is 43.0 Å². The molecule has 1 aliphatic heterocycles. The molecule has 1 fully saturated rings. The zero-order valence-electron chi connectivity index (χ0n) is 14.5. The Morgan fingerprint density at radius 1 is 1.23 bits per heavy atom. The van der Waals surface area contributed by atoms with E-state index in [1.807, 2.05) is 0 Å². The fraction of sp³-hybridized carbons (Fsp3) is 0.556. The lowest BCUT2D eigenvalue weighted by Gasteiger charge is -2.27. The van der Waals surface area contributed by atoms with Gasteiger partial charge >= 0.3 is 12.1 Å². The summed E-state index contributed by atoms with van der Waals surface area (Å²) in [5.74, 6) is -1.99. The van der Waals surface area contributed by atoms with Crippen LogP contribution in [0.5, 0.6) is 5.75 Å². The lowest BCUT2D eigenvalue weighted by molar-refractivity contribution is -0.227. The highest BCUT2D eigenvalue weighted by Gasteiger charge is 2.64. The Hall–Kier alpha value is -2.25. The molecule has 0 spiro atoms. The Labute approximate surface area is 149 Å². The van der Waals surface area contributed by atoms with Gasteiger partial charge in [0.1, 0.15) is 5.75 Å². The minimum atomic E-state index is -4.91. The van der Waals surface area contributed by atoms with Crippen LogP contribution < -0.4 is 4.74 Å². The lowest BCUT2D eigenvalue weighted by atomic mass is 9.86. The van der Waals surface area contributed by atoms with Gasteiger partial charge in [0.2, 0.25) is 0 Å². The van der Waals surface area contributed by atoms with Crippen LogP contribution >= 0.6 is 0 Å². The monoisotopic (exact) mass is 373 g/mol. The highest BCUT2D eigenvalue weighted by Crippen LogP contribution is 2.46. The molecule has 0 radical (unpaired) electrons. The zero-order chi connectivity index (χ0) is 19.4. The molecule has 1 atom stereocenters. The standard InChI is InChI=1S/C18H22F3NO4/c1-2-3-4-11-26-14-7-5-13(6-8-14)15(23)22-10-9-17(12-22,16(24)25)18(19,20)21/h5-8H,2-4,9-12H2,1H3,(H,24,25). The number of carboxylic acid groups (broad SMARTS) is 1. The fourth-order valence-electron chi connectivity index (χ4n) is 2.93. The molecule has 1 N–H and O–H groups in total. The van der Waals surface area contributed by atoms with Crippen LogP contribution in [0, 0.1) is 5.41 Å². The molecule has 5 nitrogen and oxygen atoms in total. The molecule has 1 saturated heterocycles. The van der Waals surface area contributed by atoms with Crippen LogP contribution in [0.2, 0.25) is 0 Å². The van der Waals surface area contributed by atoms with Gasteiger partial charge in [-0.1, -0.05) is 19.8 Å². The molecular formula is C18H22F3NO4. The van der Waals surface area contributed by atoms with Crippen molar-refractivity contribution < 1.29 is 32.6 Å². The maximum Gasteiger partial charge on any atom is 0.406 e. The third-order valence-electron chi connectivity index (χ3n) is 4.63. The van der Waals surface area contributed by atoms with Crippen LogP contribution in [0.4, 0.5) is 13.2 Å². The normalized spacial score (nSPS) is 20.2. The Bertz CT molecular complexity index is 645. The van der Waals surface area contributed by atoms with Gasteiger partial charge in [0.05, 0.1) is 6.61 Å². The minimum absolute atomic E-state index is 0.203. The van der Waals surface area contributed by atoms with E-state index in [2.05, 4.69) is 6.92 Å². The second kappa shape index (κ2) is 7.97. The van der Waals surface area contributed by atoms with Crippen molar-refractivity contribution >= 4 is 11.9 Å². The average Bonchev–Trinajstić information content (AvgIpc) is 3.05. The number of hydrogen-bond donors (Lipinski definition) is 1. The van der Waals surface area contributed by atoms with Crippen molar-refractivity contribution in [2.24, 2.45) is 5.41 Å². The predicted octanol–water partition coefficient (Wildman–Crippen LogP) is 3.73. The van der Waals surface area contributed by atoms with E-state index in [4.69, 9.17) is 9.84 Å². The molecule has 0 aliphatic carbocycles. The molecular weight excluding hydrogens is 351 g/mol. The number of nitrogens with zero attached hydrogens (tertiary/aromatic N) is 1. The predicted molar refractivity (Wildman–Crippen MR) is 88.1 cm³/mol. The molecule has 26 heavy (non-hydrogen) atoms. The zero-order valence-corrected chi connectivity index (χ0v) is 14.5. The van der Waals surface area contributed by atoms with Crippen molar-refractivity contribution in [3.05, 3.63) is 29.8 Å². The Balaban J connectivity index is 2.02. The molecule has 1 aromatic rings. The number of halogens is 3. The highest BCUT2D eigenvalue weighted by atomic mass is 19.4. The summed E-state index contributed by atoms with van der Waals surface area (Å²) in [5, 5.41) is 9.05. The third kappa shape index (κ3) is 4.11. The van der Waals surface area contributed by atoms with Crippen LogP contribution in [-0.4, -0.2) is 47.8 Å². The molecule has 1 amide bonds. The third-order valence-corrected chi connectivity index (χ3v) is 4.63. The van der Waals surface area contributed by atoms with Gasteiger partial charge in [-0.05, 0) is 37.1 Å². The summed E-state index contributed by atoms with van der Waals surface area (Å²) in [4.78, 5) is 24.6. The number of unbranched alkanes of at least 4 members (excludes halogenated alkanes) is 2. The summed E-state index contributed by atoms with van der Waals surface area (Å²) in [5.41, 5.74) is -2.69. The highest BCUT2D eigenvalue weighted by molar-refractivity contribution is 5.95. The number of aliphatic carboxylic acids is 1. The van der Waals surface area contributed by atoms with Crippen LogP contribution in [-0.2, 0) is 4.79 Å². The van der Waals surface area contributed by atoms with Crippen molar-refractivity contribution in [2.45, 2.75) is 38.8 Å². The number of benzene rings is 1. The first-order valence-electron chi connectivity index (χ1n) is 8.53. The van der Waals surface area contributed by atoms with E-state index in [0.717, 1.165) is 24.2 Å². The SMILES string of the molecule is CCCCCOc1ccc(C(=O)N2CCC(C(=O)O)(C(F)(F)F)C2)cc1. The number of likely N-dealkylation sites (tertiary alicyclic amines) is 1. The molecule has 2 rings (SSSR count). The molecule has 1 heterocycles. The quantitative estimate of drug-likeness (QED) is 0.740. The summed E-state index contributed by atoms with van der Waals surface area (Å²) < 4.78 is 45.1. The van der Waals surface area contributed by atoms with Gasteiger partial charge in [-0.3, -0.25) is 9.59 Å². The van der Waals surface area contributed by atoms with E-state index in [9.17, 15) is 22.8 Å². The molecule has 0 bridgehead atoms. The van der Waals surface area contributed by atoms with Crippen molar-refractivity contribution in [3.63, 3.8) is 0 Å². The van der Waals surface area contributed by atoms with Gasteiger partial charge in [-0.15, -0.1) is 0 Å². The van der Waals surface area contributed by atoms with Crippen molar-refractivity contribution in [1.29, 1.82) is 0 Å². The second-order valence-electron chi connectivity index (χ2n) is 6.44. The van der Waals surface area contributed by atoms with E-state index in [-0.39, 0.29) is 12.1 Å². The Morgan fingerprint density at radius 3 is 2.38 bits per heavy atom.